The monoisotopic (exact) mass is 393 g/mol. The Bertz CT molecular complexity index is 1030. The van der Waals surface area contributed by atoms with Crippen LogP contribution in [0.3, 0.4) is 0 Å². The number of H-pyrrole nitrogens is 1. The number of rotatable bonds is 7. The summed E-state index contributed by atoms with van der Waals surface area (Å²) < 4.78 is 10.3. The number of aromatic nitrogens is 2. The number of benzene rings is 2. The molecule has 0 saturated carbocycles. The minimum absolute atomic E-state index is 0.0811. The Balaban J connectivity index is 1.73. The molecule has 1 amide bonds. The number of ether oxygens (including phenoxy) is 2. The molecule has 2 N–H and O–H groups in total. The van der Waals surface area contributed by atoms with Gasteiger partial charge in [0, 0.05) is 12.5 Å². The number of hydrogen-bond acceptors (Lipinski definition) is 5. The molecule has 0 spiro atoms. The summed E-state index contributed by atoms with van der Waals surface area (Å²) in [5.74, 6) is 1.50. The van der Waals surface area contributed by atoms with Gasteiger partial charge in [0.15, 0.2) is 0 Å². The normalized spacial score (nSPS) is 11.6. The van der Waals surface area contributed by atoms with Gasteiger partial charge in [0.25, 0.3) is 11.5 Å². The zero-order valence-corrected chi connectivity index (χ0v) is 16.6. The van der Waals surface area contributed by atoms with Crippen molar-refractivity contribution in [3.05, 3.63) is 87.6 Å². The predicted molar refractivity (Wildman–Crippen MR) is 110 cm³/mol. The lowest BCUT2D eigenvalue weighted by Crippen LogP contribution is -2.29. The second kappa shape index (κ2) is 9.05. The van der Waals surface area contributed by atoms with Gasteiger partial charge in [0.05, 0.1) is 20.3 Å². The van der Waals surface area contributed by atoms with Crippen LogP contribution in [-0.2, 0) is 6.42 Å². The van der Waals surface area contributed by atoms with Crippen LogP contribution in [0.15, 0.2) is 59.4 Å². The number of methoxy groups -OCH3 is 2. The van der Waals surface area contributed by atoms with E-state index < -0.39 is 5.91 Å². The Kier molecular flexibility index (Phi) is 6.29. The quantitative estimate of drug-likeness (QED) is 0.644. The molecule has 2 aromatic carbocycles. The van der Waals surface area contributed by atoms with Crippen LogP contribution in [-0.4, -0.2) is 30.1 Å². The minimum atomic E-state index is -0.407. The van der Waals surface area contributed by atoms with Gasteiger partial charge < -0.3 is 19.8 Å². The van der Waals surface area contributed by atoms with E-state index in [0.29, 0.717) is 12.2 Å². The highest BCUT2D eigenvalue weighted by molar-refractivity contribution is 5.92. The Morgan fingerprint density at radius 3 is 2.21 bits per heavy atom. The number of amides is 1. The molecule has 7 heteroatoms. The Morgan fingerprint density at radius 2 is 1.62 bits per heavy atom. The fraction of sp³-hybridized carbons (Fsp3) is 0.227. The molecule has 1 heterocycles. The maximum absolute atomic E-state index is 12.6. The number of aromatic amines is 1. The Morgan fingerprint density at radius 1 is 1.03 bits per heavy atom. The molecular formula is C22H23N3O4. The van der Waals surface area contributed by atoms with Crippen molar-refractivity contribution in [3.63, 3.8) is 0 Å². The number of hydrogen-bond donors (Lipinski definition) is 2. The molecule has 0 radical (unpaired) electrons. The molecule has 1 atom stereocenters. The number of carbonyl (C=O) groups excluding carboxylic acids is 1. The van der Waals surface area contributed by atoms with E-state index in [9.17, 15) is 9.59 Å². The van der Waals surface area contributed by atoms with Crippen molar-refractivity contribution >= 4 is 5.91 Å². The number of nitrogens with one attached hydrogen (secondary N) is 2. The topological polar surface area (TPSA) is 93.3 Å². The highest BCUT2D eigenvalue weighted by Crippen LogP contribution is 2.18. The maximum Gasteiger partial charge on any atom is 0.270 e. The standard InChI is InChI=1S/C22H23N3O4/c1-14(16-6-10-18(29-3)11-7-16)23-22(27)19-13-21(26)25-20(24-19)12-15-4-8-17(28-2)9-5-15/h4-11,13-14H,12H2,1-3H3,(H,23,27)(H,24,25,26). The first-order valence-corrected chi connectivity index (χ1v) is 9.16. The second-order valence-corrected chi connectivity index (χ2v) is 6.57. The SMILES string of the molecule is COc1ccc(Cc2nc(C(=O)NC(C)c3ccc(OC)cc3)cc(=O)[nH]2)cc1. The Hall–Kier alpha value is -3.61. The zero-order chi connectivity index (χ0) is 20.8. The van der Waals surface area contributed by atoms with E-state index in [0.717, 1.165) is 22.6 Å². The molecular weight excluding hydrogens is 370 g/mol. The predicted octanol–water partition coefficient (Wildman–Crippen LogP) is 2.87. The van der Waals surface area contributed by atoms with E-state index in [-0.39, 0.29) is 17.3 Å². The molecule has 1 unspecified atom stereocenters. The van der Waals surface area contributed by atoms with Crippen molar-refractivity contribution in [1.29, 1.82) is 0 Å². The first kappa shape index (κ1) is 20.1. The van der Waals surface area contributed by atoms with Gasteiger partial charge in [0.1, 0.15) is 23.0 Å². The van der Waals surface area contributed by atoms with Gasteiger partial charge in [-0.25, -0.2) is 4.98 Å². The zero-order valence-electron chi connectivity index (χ0n) is 16.6. The van der Waals surface area contributed by atoms with E-state index in [1.165, 1.54) is 6.07 Å². The molecule has 3 aromatic rings. The van der Waals surface area contributed by atoms with Gasteiger partial charge in [-0.2, -0.15) is 0 Å². The lowest BCUT2D eigenvalue weighted by Gasteiger charge is -2.14. The van der Waals surface area contributed by atoms with Crippen LogP contribution in [0.2, 0.25) is 0 Å². The van der Waals surface area contributed by atoms with E-state index >= 15 is 0 Å². The molecule has 0 saturated heterocycles. The fourth-order valence-electron chi connectivity index (χ4n) is 2.89. The molecule has 3 rings (SSSR count). The smallest absolute Gasteiger partial charge is 0.270 e. The number of nitrogens with zero attached hydrogens (tertiary/aromatic N) is 1. The van der Waals surface area contributed by atoms with Crippen molar-refractivity contribution in [2.45, 2.75) is 19.4 Å². The number of carbonyl (C=O) groups is 1. The van der Waals surface area contributed by atoms with Crippen molar-refractivity contribution in [3.8, 4) is 11.5 Å². The molecule has 0 aliphatic carbocycles. The van der Waals surface area contributed by atoms with Gasteiger partial charge in [0.2, 0.25) is 0 Å². The van der Waals surface area contributed by atoms with Gasteiger partial charge in [-0.1, -0.05) is 24.3 Å². The average molecular weight is 393 g/mol. The summed E-state index contributed by atoms with van der Waals surface area (Å²) in [6.07, 6.45) is 0.397. The van der Waals surface area contributed by atoms with Crippen LogP contribution in [0.4, 0.5) is 0 Å². The van der Waals surface area contributed by atoms with E-state index in [1.54, 1.807) is 14.2 Å². The van der Waals surface area contributed by atoms with Crippen LogP contribution in [0.5, 0.6) is 11.5 Å². The van der Waals surface area contributed by atoms with E-state index in [1.807, 2.05) is 55.5 Å². The summed E-state index contributed by atoms with van der Waals surface area (Å²) in [5.41, 5.74) is 1.57. The average Bonchev–Trinajstić information content (AvgIpc) is 2.74. The molecule has 0 aliphatic heterocycles. The lowest BCUT2D eigenvalue weighted by atomic mass is 10.1. The third kappa shape index (κ3) is 5.22. The summed E-state index contributed by atoms with van der Waals surface area (Å²) >= 11 is 0. The third-order valence-electron chi connectivity index (χ3n) is 4.52. The van der Waals surface area contributed by atoms with E-state index in [2.05, 4.69) is 15.3 Å². The van der Waals surface area contributed by atoms with Crippen molar-refractivity contribution in [2.75, 3.05) is 14.2 Å². The molecule has 29 heavy (non-hydrogen) atoms. The molecule has 150 valence electrons. The van der Waals surface area contributed by atoms with Crippen molar-refractivity contribution in [1.82, 2.24) is 15.3 Å². The van der Waals surface area contributed by atoms with Crippen LogP contribution >= 0.6 is 0 Å². The van der Waals surface area contributed by atoms with Crippen LogP contribution in [0, 0.1) is 0 Å². The Labute approximate surface area is 168 Å². The first-order valence-electron chi connectivity index (χ1n) is 9.16. The van der Waals surface area contributed by atoms with Crippen molar-refractivity contribution in [2.24, 2.45) is 0 Å². The summed E-state index contributed by atoms with van der Waals surface area (Å²) in [6.45, 7) is 1.87. The largest absolute Gasteiger partial charge is 0.497 e. The van der Waals surface area contributed by atoms with Crippen LogP contribution in [0.25, 0.3) is 0 Å². The highest BCUT2D eigenvalue weighted by Gasteiger charge is 2.15. The second-order valence-electron chi connectivity index (χ2n) is 6.57. The molecule has 0 aliphatic rings. The lowest BCUT2D eigenvalue weighted by molar-refractivity contribution is 0.0934. The van der Waals surface area contributed by atoms with Crippen molar-refractivity contribution < 1.29 is 14.3 Å². The van der Waals surface area contributed by atoms with Gasteiger partial charge in [-0.15, -0.1) is 0 Å². The van der Waals surface area contributed by atoms with E-state index in [4.69, 9.17) is 9.47 Å². The highest BCUT2D eigenvalue weighted by atomic mass is 16.5. The minimum Gasteiger partial charge on any atom is -0.497 e. The first-order chi connectivity index (χ1) is 14.0. The van der Waals surface area contributed by atoms with Gasteiger partial charge >= 0.3 is 0 Å². The van der Waals surface area contributed by atoms with Gasteiger partial charge in [-0.05, 0) is 42.3 Å². The molecule has 0 fully saturated rings. The molecule has 7 nitrogen and oxygen atoms in total. The van der Waals surface area contributed by atoms with Gasteiger partial charge in [-0.3, -0.25) is 9.59 Å². The third-order valence-corrected chi connectivity index (χ3v) is 4.52. The summed E-state index contributed by atoms with van der Waals surface area (Å²) in [5, 5.41) is 2.87. The molecule has 0 bridgehead atoms. The maximum atomic E-state index is 12.6. The van der Waals surface area contributed by atoms with Crippen LogP contribution < -0.4 is 20.3 Å². The summed E-state index contributed by atoms with van der Waals surface area (Å²) in [4.78, 5) is 31.7. The fourth-order valence-corrected chi connectivity index (χ4v) is 2.89. The summed E-state index contributed by atoms with van der Waals surface area (Å²) in [6, 6.07) is 15.8. The summed E-state index contributed by atoms with van der Waals surface area (Å²) in [7, 11) is 3.20. The molecule has 1 aromatic heterocycles. The van der Waals surface area contributed by atoms with Crippen LogP contribution in [0.1, 0.15) is 40.4 Å².